The van der Waals surface area contributed by atoms with Gasteiger partial charge in [-0.05, 0) is 69.1 Å². The molecule has 3 aromatic rings. The van der Waals surface area contributed by atoms with Crippen LogP contribution in [0.25, 0.3) is 0 Å². The minimum atomic E-state index is -0.271. The summed E-state index contributed by atoms with van der Waals surface area (Å²) in [5, 5.41) is 2.83. The first kappa shape index (κ1) is 25.0. The molecule has 1 saturated carbocycles. The van der Waals surface area contributed by atoms with Gasteiger partial charge in [0.1, 0.15) is 12.0 Å². The van der Waals surface area contributed by atoms with Crippen molar-refractivity contribution < 1.29 is 18.7 Å². The van der Waals surface area contributed by atoms with E-state index in [-0.39, 0.29) is 36.1 Å². The van der Waals surface area contributed by atoms with Crippen molar-refractivity contribution >= 4 is 11.8 Å². The summed E-state index contributed by atoms with van der Waals surface area (Å²) in [6.07, 6.45) is 4.14. The summed E-state index contributed by atoms with van der Waals surface area (Å²) in [6, 6.07) is 14.3. The maximum absolute atomic E-state index is 13.2. The van der Waals surface area contributed by atoms with E-state index >= 15 is 0 Å². The van der Waals surface area contributed by atoms with E-state index in [1.165, 1.54) is 17.4 Å². The maximum atomic E-state index is 13.2. The van der Waals surface area contributed by atoms with Gasteiger partial charge >= 0.3 is 0 Å². The highest BCUT2D eigenvalue weighted by Gasteiger charge is 2.39. The number of carbonyl (C=O) groups excluding carboxylic acids is 2. The van der Waals surface area contributed by atoms with Crippen LogP contribution >= 0.6 is 0 Å². The summed E-state index contributed by atoms with van der Waals surface area (Å²) in [7, 11) is 3.90. The average molecular weight is 503 g/mol. The van der Waals surface area contributed by atoms with E-state index in [0.29, 0.717) is 18.2 Å². The van der Waals surface area contributed by atoms with Crippen molar-refractivity contribution in [3.8, 4) is 5.75 Å². The van der Waals surface area contributed by atoms with Crippen LogP contribution in [0.1, 0.15) is 57.5 Å². The predicted molar refractivity (Wildman–Crippen MR) is 139 cm³/mol. The fourth-order valence-corrected chi connectivity index (χ4v) is 4.79. The molecule has 2 aromatic carbocycles. The molecule has 194 valence electrons. The largest absolute Gasteiger partial charge is 0.484 e. The quantitative estimate of drug-likeness (QED) is 0.480. The van der Waals surface area contributed by atoms with Crippen molar-refractivity contribution in [1.29, 1.82) is 0 Å². The first-order valence-corrected chi connectivity index (χ1v) is 12.9. The molecule has 1 atom stereocenters. The van der Waals surface area contributed by atoms with Crippen LogP contribution in [-0.4, -0.2) is 60.3 Å². The Kier molecular flexibility index (Phi) is 7.28. The lowest BCUT2D eigenvalue weighted by Gasteiger charge is -2.38. The fraction of sp³-hybridized carbons (Fsp3) is 0.414. The smallest absolute Gasteiger partial charge is 0.273 e. The molecule has 0 spiro atoms. The Morgan fingerprint density at radius 1 is 1.19 bits per heavy atom. The van der Waals surface area contributed by atoms with Gasteiger partial charge in [0, 0.05) is 25.6 Å². The number of ether oxygens (including phenoxy) is 1. The number of hydrogen-bond acceptors (Lipinski definition) is 6. The summed E-state index contributed by atoms with van der Waals surface area (Å²) >= 11 is 0. The van der Waals surface area contributed by atoms with Crippen molar-refractivity contribution in [1.82, 2.24) is 20.1 Å². The zero-order valence-electron chi connectivity index (χ0n) is 21.7. The van der Waals surface area contributed by atoms with Gasteiger partial charge in [0.15, 0.2) is 12.3 Å². The average Bonchev–Trinajstić information content (AvgIpc) is 3.63. The van der Waals surface area contributed by atoms with Crippen molar-refractivity contribution in [3.63, 3.8) is 0 Å². The molecule has 1 aromatic heterocycles. The van der Waals surface area contributed by atoms with Gasteiger partial charge in [-0.3, -0.25) is 9.59 Å². The van der Waals surface area contributed by atoms with Gasteiger partial charge in [-0.15, -0.1) is 0 Å². The van der Waals surface area contributed by atoms with Gasteiger partial charge < -0.3 is 24.3 Å². The van der Waals surface area contributed by atoms with Crippen molar-refractivity contribution in [2.75, 3.05) is 33.7 Å². The lowest BCUT2D eigenvalue weighted by Crippen LogP contribution is -2.41. The Balaban J connectivity index is 1.32. The van der Waals surface area contributed by atoms with Crippen LogP contribution in [0.3, 0.4) is 0 Å². The third-order valence-electron chi connectivity index (χ3n) is 6.90. The molecule has 2 amide bonds. The lowest BCUT2D eigenvalue weighted by molar-refractivity contribution is -0.134. The summed E-state index contributed by atoms with van der Waals surface area (Å²) in [5.74, 6) is 1.14. The van der Waals surface area contributed by atoms with Gasteiger partial charge in [0.2, 0.25) is 11.8 Å². The number of likely N-dealkylation sites (N-methyl/N-ethyl adjacent to an activating group) is 1. The highest BCUT2D eigenvalue weighted by atomic mass is 16.5. The second-order valence-electron chi connectivity index (χ2n) is 10.2. The van der Waals surface area contributed by atoms with Crippen molar-refractivity contribution in [2.45, 2.75) is 38.8 Å². The number of oxazole rings is 1. The van der Waals surface area contributed by atoms with E-state index in [0.717, 1.165) is 43.5 Å². The van der Waals surface area contributed by atoms with Gasteiger partial charge in [-0.2, -0.15) is 0 Å². The minimum absolute atomic E-state index is 0.101. The van der Waals surface area contributed by atoms with Crippen LogP contribution in [0.2, 0.25) is 0 Å². The normalized spacial score (nSPS) is 17.0. The highest BCUT2D eigenvalue weighted by Crippen LogP contribution is 2.41. The molecule has 1 aliphatic heterocycles. The molecule has 1 unspecified atom stereocenters. The van der Waals surface area contributed by atoms with E-state index < -0.39 is 0 Å². The molecular formula is C29H34N4O4. The highest BCUT2D eigenvalue weighted by molar-refractivity contribution is 5.91. The standard InChI is InChI=1S/C29H34N4O4/c1-19-5-4-6-22(15-19)27-24-16-23(10-9-20(24)11-13-33(27)29(35)21-7-8-21)36-18-26-31-25(17-37-26)28(34)30-12-14-32(2)3/h4-6,9-10,15-17,21,27H,7-8,11-14,18H2,1-3H3,(H,30,34). The third kappa shape index (κ3) is 5.85. The van der Waals surface area contributed by atoms with Crippen LogP contribution in [0.15, 0.2) is 53.1 Å². The number of nitrogens with zero attached hydrogens (tertiary/aromatic N) is 3. The monoisotopic (exact) mass is 502 g/mol. The van der Waals surface area contributed by atoms with E-state index in [2.05, 4.69) is 47.6 Å². The number of aromatic nitrogens is 1. The number of hydrogen-bond donors (Lipinski definition) is 1. The zero-order chi connectivity index (χ0) is 25.9. The summed E-state index contributed by atoms with van der Waals surface area (Å²) in [4.78, 5) is 33.8. The number of benzene rings is 2. The molecular weight excluding hydrogens is 468 g/mol. The number of amides is 2. The molecule has 0 bridgehead atoms. The van der Waals surface area contributed by atoms with Crippen LogP contribution in [0, 0.1) is 12.8 Å². The molecule has 8 nitrogen and oxygen atoms in total. The first-order chi connectivity index (χ1) is 17.9. The van der Waals surface area contributed by atoms with Crippen LogP contribution in [0.4, 0.5) is 0 Å². The summed E-state index contributed by atoms with van der Waals surface area (Å²) < 4.78 is 11.5. The Labute approximate surface area is 217 Å². The molecule has 1 N–H and O–H groups in total. The van der Waals surface area contributed by atoms with Gasteiger partial charge in [0.25, 0.3) is 5.91 Å². The molecule has 2 heterocycles. The molecule has 1 fully saturated rings. The summed E-state index contributed by atoms with van der Waals surface area (Å²) in [5.41, 5.74) is 4.84. The van der Waals surface area contributed by atoms with E-state index in [1.54, 1.807) is 0 Å². The van der Waals surface area contributed by atoms with Gasteiger partial charge in [-0.25, -0.2) is 4.98 Å². The Bertz CT molecular complexity index is 1280. The van der Waals surface area contributed by atoms with E-state index in [9.17, 15) is 9.59 Å². The maximum Gasteiger partial charge on any atom is 0.273 e. The summed E-state index contributed by atoms with van der Waals surface area (Å²) in [6.45, 7) is 4.17. The molecule has 1 aliphatic carbocycles. The topological polar surface area (TPSA) is 87.9 Å². The van der Waals surface area contributed by atoms with Crippen LogP contribution < -0.4 is 10.1 Å². The molecule has 2 aliphatic rings. The molecule has 0 radical (unpaired) electrons. The van der Waals surface area contributed by atoms with Crippen molar-refractivity contribution in [3.05, 3.63) is 82.6 Å². The number of fused-ring (bicyclic) bond motifs is 1. The Morgan fingerprint density at radius 3 is 2.78 bits per heavy atom. The first-order valence-electron chi connectivity index (χ1n) is 12.9. The van der Waals surface area contributed by atoms with Crippen molar-refractivity contribution in [2.24, 2.45) is 5.92 Å². The van der Waals surface area contributed by atoms with E-state index in [4.69, 9.17) is 9.15 Å². The number of aryl methyl sites for hydroxylation is 1. The van der Waals surface area contributed by atoms with Gasteiger partial charge in [-0.1, -0.05) is 35.9 Å². The minimum Gasteiger partial charge on any atom is -0.484 e. The second-order valence-corrected chi connectivity index (χ2v) is 10.2. The lowest BCUT2D eigenvalue weighted by atomic mass is 9.87. The molecule has 5 rings (SSSR count). The van der Waals surface area contributed by atoms with Gasteiger partial charge in [0.05, 0.1) is 6.04 Å². The molecule has 37 heavy (non-hydrogen) atoms. The Hall–Kier alpha value is -3.65. The zero-order valence-corrected chi connectivity index (χ0v) is 21.7. The predicted octanol–water partition coefficient (Wildman–Crippen LogP) is 3.74. The second kappa shape index (κ2) is 10.8. The third-order valence-corrected chi connectivity index (χ3v) is 6.90. The Morgan fingerprint density at radius 2 is 2.03 bits per heavy atom. The number of nitrogens with one attached hydrogen (secondary N) is 1. The van der Waals surface area contributed by atoms with E-state index in [1.807, 2.05) is 36.0 Å². The number of carbonyl (C=O) groups is 2. The molecule has 0 saturated heterocycles. The fourth-order valence-electron chi connectivity index (χ4n) is 4.79. The van der Waals surface area contributed by atoms with Crippen LogP contribution in [0.5, 0.6) is 5.75 Å². The SMILES string of the molecule is Cc1cccc(C2c3cc(OCc4nc(C(=O)NCCN(C)C)co4)ccc3CCN2C(=O)C2CC2)c1. The molecule has 8 heteroatoms. The number of rotatable bonds is 9. The van der Waals surface area contributed by atoms with Crippen LogP contribution in [-0.2, 0) is 17.8 Å².